The van der Waals surface area contributed by atoms with Gasteiger partial charge in [0.2, 0.25) is 6.79 Å². The number of hydrogen-bond donors (Lipinski definition) is 1. The highest BCUT2D eigenvalue weighted by atomic mass is 19.1. The van der Waals surface area contributed by atoms with Gasteiger partial charge in [-0.15, -0.1) is 0 Å². The molecule has 8 heteroatoms. The van der Waals surface area contributed by atoms with Gasteiger partial charge in [0.05, 0.1) is 13.2 Å². The van der Waals surface area contributed by atoms with Crippen LogP contribution in [0.1, 0.15) is 18.1 Å². The first-order valence-electron chi connectivity index (χ1n) is 8.70. The quantitative estimate of drug-likeness (QED) is 0.633. The highest BCUT2D eigenvalue weighted by Gasteiger charge is 2.34. The van der Waals surface area contributed by atoms with Crippen LogP contribution in [0.15, 0.2) is 42.1 Å². The molecule has 0 saturated carbocycles. The van der Waals surface area contributed by atoms with Gasteiger partial charge in [-0.3, -0.25) is 9.69 Å². The highest BCUT2D eigenvalue weighted by molar-refractivity contribution is 6.14. The molecule has 1 N–H and O–H groups in total. The second-order valence-electron chi connectivity index (χ2n) is 6.18. The number of halogens is 1. The maximum Gasteiger partial charge on any atom is 0.329 e. The van der Waals surface area contributed by atoms with Gasteiger partial charge < -0.3 is 19.5 Å². The van der Waals surface area contributed by atoms with Crippen molar-refractivity contribution in [2.45, 2.75) is 13.5 Å². The Morgan fingerprint density at radius 1 is 1.18 bits per heavy atom. The van der Waals surface area contributed by atoms with E-state index >= 15 is 0 Å². The number of nitrogens with one attached hydrogen (secondary N) is 1. The lowest BCUT2D eigenvalue weighted by Crippen LogP contribution is -2.30. The number of imide groups is 1. The number of carbonyl (C=O) groups excluding carboxylic acids is 2. The van der Waals surface area contributed by atoms with Crippen molar-refractivity contribution in [3.05, 3.63) is 59.0 Å². The van der Waals surface area contributed by atoms with E-state index in [9.17, 15) is 14.0 Å². The van der Waals surface area contributed by atoms with Crippen LogP contribution in [0.4, 0.5) is 9.18 Å². The fourth-order valence-electron chi connectivity index (χ4n) is 2.98. The summed E-state index contributed by atoms with van der Waals surface area (Å²) in [5, 5.41) is 2.57. The Bertz CT molecular complexity index is 971. The van der Waals surface area contributed by atoms with Crippen molar-refractivity contribution < 1.29 is 28.2 Å². The van der Waals surface area contributed by atoms with E-state index in [4.69, 9.17) is 14.2 Å². The Labute approximate surface area is 160 Å². The molecular weight excluding hydrogens is 367 g/mol. The molecule has 1 fully saturated rings. The van der Waals surface area contributed by atoms with Crippen LogP contribution in [-0.4, -0.2) is 30.2 Å². The molecule has 0 bridgehead atoms. The fourth-order valence-corrected chi connectivity index (χ4v) is 2.98. The third-order valence-electron chi connectivity index (χ3n) is 4.32. The van der Waals surface area contributed by atoms with Gasteiger partial charge >= 0.3 is 6.03 Å². The molecule has 0 spiro atoms. The molecule has 2 aromatic rings. The molecule has 0 unspecified atom stereocenters. The van der Waals surface area contributed by atoms with Gasteiger partial charge in [0.15, 0.2) is 11.5 Å². The molecule has 0 radical (unpaired) electrons. The summed E-state index contributed by atoms with van der Waals surface area (Å²) < 4.78 is 29.4. The molecule has 28 heavy (non-hydrogen) atoms. The van der Waals surface area contributed by atoms with Crippen LogP contribution in [0.25, 0.3) is 6.08 Å². The molecule has 144 valence electrons. The van der Waals surface area contributed by atoms with Crippen LogP contribution >= 0.6 is 0 Å². The number of hydrogen-bond acceptors (Lipinski definition) is 5. The fraction of sp³-hybridized carbons (Fsp3) is 0.200. The van der Waals surface area contributed by atoms with Crippen LogP contribution in [0.3, 0.4) is 0 Å². The first-order chi connectivity index (χ1) is 13.5. The number of ether oxygens (including phenoxy) is 3. The molecule has 0 aromatic heterocycles. The van der Waals surface area contributed by atoms with Gasteiger partial charge in [-0.1, -0.05) is 12.1 Å². The lowest BCUT2D eigenvalue weighted by Gasteiger charge is -2.11. The van der Waals surface area contributed by atoms with E-state index in [1.807, 2.05) is 6.92 Å². The van der Waals surface area contributed by atoms with Crippen molar-refractivity contribution in [2.75, 3.05) is 13.4 Å². The molecule has 0 aliphatic carbocycles. The number of amides is 3. The smallest absolute Gasteiger partial charge is 0.329 e. The molecular formula is C20H17FN2O5. The molecule has 1 saturated heterocycles. The zero-order valence-electron chi connectivity index (χ0n) is 15.0. The van der Waals surface area contributed by atoms with Crippen LogP contribution in [-0.2, 0) is 11.3 Å². The van der Waals surface area contributed by atoms with E-state index in [2.05, 4.69) is 5.32 Å². The number of carbonyl (C=O) groups is 2. The highest BCUT2D eigenvalue weighted by Crippen LogP contribution is 2.39. The zero-order valence-corrected chi connectivity index (χ0v) is 15.0. The normalized spacial score (nSPS) is 16.6. The predicted molar refractivity (Wildman–Crippen MR) is 97.2 cm³/mol. The van der Waals surface area contributed by atoms with Crippen molar-refractivity contribution in [2.24, 2.45) is 0 Å². The third kappa shape index (κ3) is 3.36. The Balaban J connectivity index is 1.61. The van der Waals surface area contributed by atoms with Crippen molar-refractivity contribution in [1.82, 2.24) is 10.2 Å². The SMILES string of the molecule is CCOc1cc2c(cc1/C=C1/NC(=O)N(Cc3ccc(F)cc3)C1=O)OCO2. The van der Waals surface area contributed by atoms with E-state index < -0.39 is 11.9 Å². The van der Waals surface area contributed by atoms with Gasteiger partial charge in [-0.05, 0) is 36.8 Å². The molecule has 2 aliphatic rings. The maximum absolute atomic E-state index is 13.1. The summed E-state index contributed by atoms with van der Waals surface area (Å²) in [7, 11) is 0. The minimum Gasteiger partial charge on any atom is -0.493 e. The average molecular weight is 384 g/mol. The topological polar surface area (TPSA) is 77.1 Å². The third-order valence-corrected chi connectivity index (χ3v) is 4.32. The van der Waals surface area contributed by atoms with Gasteiger partial charge in [0, 0.05) is 11.6 Å². The lowest BCUT2D eigenvalue weighted by molar-refractivity contribution is -0.123. The number of rotatable bonds is 5. The summed E-state index contributed by atoms with van der Waals surface area (Å²) in [5.74, 6) is 0.751. The summed E-state index contributed by atoms with van der Waals surface area (Å²) in [6.07, 6.45) is 1.54. The summed E-state index contributed by atoms with van der Waals surface area (Å²) in [6, 6.07) is 8.47. The van der Waals surface area contributed by atoms with E-state index in [0.717, 1.165) is 4.90 Å². The Morgan fingerprint density at radius 3 is 2.61 bits per heavy atom. The Morgan fingerprint density at radius 2 is 1.89 bits per heavy atom. The summed E-state index contributed by atoms with van der Waals surface area (Å²) in [5.41, 5.74) is 1.34. The van der Waals surface area contributed by atoms with Crippen LogP contribution in [0.5, 0.6) is 17.2 Å². The monoisotopic (exact) mass is 384 g/mol. The van der Waals surface area contributed by atoms with Crippen LogP contribution < -0.4 is 19.5 Å². The van der Waals surface area contributed by atoms with Gasteiger partial charge in [-0.2, -0.15) is 0 Å². The second-order valence-corrected chi connectivity index (χ2v) is 6.18. The van der Waals surface area contributed by atoms with Gasteiger partial charge in [0.1, 0.15) is 17.3 Å². The first kappa shape index (κ1) is 17.8. The number of fused-ring (bicyclic) bond motifs is 1. The minimum absolute atomic E-state index is 0.0434. The van der Waals surface area contributed by atoms with Gasteiger partial charge in [0.25, 0.3) is 5.91 Å². The maximum atomic E-state index is 13.1. The van der Waals surface area contributed by atoms with Crippen LogP contribution in [0.2, 0.25) is 0 Å². The number of urea groups is 1. The summed E-state index contributed by atoms with van der Waals surface area (Å²) >= 11 is 0. The first-order valence-corrected chi connectivity index (χ1v) is 8.70. The average Bonchev–Trinajstić information content (AvgIpc) is 3.23. The summed E-state index contributed by atoms with van der Waals surface area (Å²) in [4.78, 5) is 26.0. The molecule has 2 aromatic carbocycles. The Kier molecular flexibility index (Phi) is 4.60. The number of nitrogens with zero attached hydrogens (tertiary/aromatic N) is 1. The van der Waals surface area contributed by atoms with E-state index in [1.165, 1.54) is 30.3 Å². The molecule has 4 rings (SSSR count). The minimum atomic E-state index is -0.542. The van der Waals surface area contributed by atoms with Crippen molar-refractivity contribution in [3.63, 3.8) is 0 Å². The standard InChI is InChI=1S/C20H17FN2O5/c1-2-26-16-9-18-17(27-11-28-18)8-13(16)7-15-19(24)23(20(25)22-15)10-12-3-5-14(21)6-4-12/h3-9H,2,10-11H2,1H3,(H,22,25)/b15-7+. The molecule has 7 nitrogen and oxygen atoms in total. The van der Waals surface area contributed by atoms with Gasteiger partial charge in [-0.25, -0.2) is 9.18 Å². The van der Waals surface area contributed by atoms with Crippen molar-refractivity contribution in [1.29, 1.82) is 0 Å². The van der Waals surface area contributed by atoms with E-state index in [-0.39, 0.29) is 24.9 Å². The van der Waals surface area contributed by atoms with E-state index in [1.54, 1.807) is 12.1 Å². The molecule has 2 heterocycles. The van der Waals surface area contributed by atoms with Crippen LogP contribution in [0, 0.1) is 5.82 Å². The lowest BCUT2D eigenvalue weighted by atomic mass is 10.1. The number of benzene rings is 2. The largest absolute Gasteiger partial charge is 0.493 e. The Hall–Kier alpha value is -3.55. The molecule has 3 amide bonds. The van der Waals surface area contributed by atoms with Crippen molar-refractivity contribution >= 4 is 18.0 Å². The molecule has 0 atom stereocenters. The van der Waals surface area contributed by atoms with Crippen molar-refractivity contribution in [3.8, 4) is 17.2 Å². The summed E-state index contributed by atoms with van der Waals surface area (Å²) in [6.45, 7) is 2.42. The zero-order chi connectivity index (χ0) is 19.7. The molecule has 2 aliphatic heterocycles. The second kappa shape index (κ2) is 7.22. The van der Waals surface area contributed by atoms with E-state index in [0.29, 0.717) is 35.0 Å². The predicted octanol–water partition coefficient (Wildman–Crippen LogP) is 3.05.